The Labute approximate surface area is 161 Å². The largest absolute Gasteiger partial charge is 0.314 e. The Hall–Kier alpha value is -2.46. The molecule has 4 rings (SSSR count). The van der Waals surface area contributed by atoms with Gasteiger partial charge in [0.15, 0.2) is 0 Å². The average Bonchev–Trinajstić information content (AvgIpc) is 2.96. The van der Waals surface area contributed by atoms with E-state index in [4.69, 9.17) is 0 Å². The molecule has 0 radical (unpaired) electrons. The van der Waals surface area contributed by atoms with Crippen LogP contribution < -0.4 is 0 Å². The second-order valence-corrected chi connectivity index (χ2v) is 7.63. The molecule has 1 aromatic heterocycles. The minimum Gasteiger partial charge on any atom is -0.314 e. The summed E-state index contributed by atoms with van der Waals surface area (Å²) in [5, 5.41) is 8.97. The van der Waals surface area contributed by atoms with E-state index in [1.807, 2.05) is 0 Å². The van der Waals surface area contributed by atoms with Crippen molar-refractivity contribution in [2.45, 2.75) is 46.2 Å². The van der Waals surface area contributed by atoms with Gasteiger partial charge in [0.25, 0.3) is 0 Å². The summed E-state index contributed by atoms with van der Waals surface area (Å²) in [5.41, 5.74) is 5.52. The highest BCUT2D eigenvalue weighted by molar-refractivity contribution is 5.30. The highest BCUT2D eigenvalue weighted by atomic mass is 15.3. The SMILES string of the molecule is Cc1ccc(C)c(CN2CCc3nnc(CCc4ccccc4)n3CC2)c1. The van der Waals surface area contributed by atoms with Crippen LogP contribution in [-0.2, 0) is 32.4 Å². The first-order chi connectivity index (χ1) is 13.2. The van der Waals surface area contributed by atoms with E-state index in [0.717, 1.165) is 57.1 Å². The van der Waals surface area contributed by atoms with Crippen molar-refractivity contribution in [1.29, 1.82) is 0 Å². The first kappa shape index (κ1) is 17.9. The molecule has 0 saturated carbocycles. The van der Waals surface area contributed by atoms with Gasteiger partial charge in [0.1, 0.15) is 11.6 Å². The standard InChI is InChI=1S/C23H28N4/c1-18-8-9-19(2)21(16-18)17-26-13-12-23-25-24-22(27(23)15-14-26)11-10-20-6-4-3-5-7-20/h3-9,16H,10-15,17H2,1-2H3. The maximum Gasteiger partial charge on any atom is 0.134 e. The molecule has 2 aromatic carbocycles. The molecule has 0 spiro atoms. The summed E-state index contributed by atoms with van der Waals surface area (Å²) in [6.45, 7) is 8.48. The first-order valence-corrected chi connectivity index (χ1v) is 9.92. The molecule has 0 saturated heterocycles. The van der Waals surface area contributed by atoms with Crippen LogP contribution in [0.5, 0.6) is 0 Å². The lowest BCUT2D eigenvalue weighted by atomic mass is 10.1. The molecular weight excluding hydrogens is 332 g/mol. The summed E-state index contributed by atoms with van der Waals surface area (Å²) in [6.07, 6.45) is 2.95. The van der Waals surface area contributed by atoms with Crippen molar-refractivity contribution in [1.82, 2.24) is 19.7 Å². The van der Waals surface area contributed by atoms with Gasteiger partial charge in [0.2, 0.25) is 0 Å². The predicted octanol–water partition coefficient (Wildman–Crippen LogP) is 3.74. The van der Waals surface area contributed by atoms with Crippen molar-refractivity contribution in [2.75, 3.05) is 13.1 Å². The third kappa shape index (κ3) is 4.28. The van der Waals surface area contributed by atoms with Crippen LogP contribution in [-0.4, -0.2) is 32.8 Å². The molecule has 0 amide bonds. The van der Waals surface area contributed by atoms with Gasteiger partial charge in [-0.15, -0.1) is 10.2 Å². The highest BCUT2D eigenvalue weighted by Gasteiger charge is 2.19. The molecule has 2 heterocycles. The molecule has 0 bridgehead atoms. The van der Waals surface area contributed by atoms with Crippen LogP contribution in [0, 0.1) is 13.8 Å². The molecule has 4 heteroatoms. The number of nitrogens with zero attached hydrogens (tertiary/aromatic N) is 4. The van der Waals surface area contributed by atoms with Gasteiger partial charge < -0.3 is 4.57 Å². The number of hydrogen-bond donors (Lipinski definition) is 0. The summed E-state index contributed by atoms with van der Waals surface area (Å²) in [6, 6.07) is 17.4. The van der Waals surface area contributed by atoms with Gasteiger partial charge in [-0.2, -0.15) is 0 Å². The molecule has 1 aliphatic rings. The average molecular weight is 361 g/mol. The maximum absolute atomic E-state index is 4.49. The van der Waals surface area contributed by atoms with Crippen LogP contribution in [0.1, 0.15) is 33.9 Å². The number of benzene rings is 2. The zero-order chi connectivity index (χ0) is 18.6. The number of rotatable bonds is 5. The predicted molar refractivity (Wildman–Crippen MR) is 109 cm³/mol. The second kappa shape index (κ2) is 8.05. The Bertz CT molecular complexity index is 898. The normalized spacial score (nSPS) is 14.7. The van der Waals surface area contributed by atoms with Crippen LogP contribution in [0.4, 0.5) is 0 Å². The zero-order valence-electron chi connectivity index (χ0n) is 16.4. The maximum atomic E-state index is 4.49. The van der Waals surface area contributed by atoms with E-state index in [9.17, 15) is 0 Å². The van der Waals surface area contributed by atoms with E-state index in [2.05, 4.69) is 82.0 Å². The molecule has 0 fully saturated rings. The van der Waals surface area contributed by atoms with Gasteiger partial charge in [-0.3, -0.25) is 4.90 Å². The third-order valence-corrected chi connectivity index (χ3v) is 5.57. The van der Waals surface area contributed by atoms with E-state index in [0.29, 0.717) is 0 Å². The van der Waals surface area contributed by atoms with Gasteiger partial charge in [0, 0.05) is 39.0 Å². The summed E-state index contributed by atoms with van der Waals surface area (Å²) < 4.78 is 2.35. The number of hydrogen-bond acceptors (Lipinski definition) is 3. The molecule has 0 aliphatic carbocycles. The van der Waals surface area contributed by atoms with Gasteiger partial charge in [-0.05, 0) is 37.0 Å². The minimum absolute atomic E-state index is 0.952. The van der Waals surface area contributed by atoms with Crippen molar-refractivity contribution in [3.63, 3.8) is 0 Å². The monoisotopic (exact) mass is 360 g/mol. The van der Waals surface area contributed by atoms with Crippen molar-refractivity contribution >= 4 is 0 Å². The molecule has 1 aliphatic heterocycles. The Kier molecular flexibility index (Phi) is 5.35. The minimum atomic E-state index is 0.952. The number of aryl methyl sites for hydroxylation is 4. The Morgan fingerprint density at radius 2 is 1.74 bits per heavy atom. The van der Waals surface area contributed by atoms with E-state index >= 15 is 0 Å². The summed E-state index contributed by atoms with van der Waals surface area (Å²) in [4.78, 5) is 2.55. The summed E-state index contributed by atoms with van der Waals surface area (Å²) in [7, 11) is 0. The molecule has 0 unspecified atom stereocenters. The fourth-order valence-electron chi connectivity index (χ4n) is 3.88. The number of aromatic nitrogens is 3. The van der Waals surface area contributed by atoms with Crippen LogP contribution in [0.15, 0.2) is 48.5 Å². The molecule has 27 heavy (non-hydrogen) atoms. The van der Waals surface area contributed by atoms with Gasteiger partial charge >= 0.3 is 0 Å². The summed E-state index contributed by atoms with van der Waals surface area (Å²) >= 11 is 0. The fourth-order valence-corrected chi connectivity index (χ4v) is 3.88. The zero-order valence-corrected chi connectivity index (χ0v) is 16.4. The van der Waals surface area contributed by atoms with Crippen LogP contribution in [0.25, 0.3) is 0 Å². The van der Waals surface area contributed by atoms with Crippen LogP contribution in [0.2, 0.25) is 0 Å². The highest BCUT2D eigenvalue weighted by Crippen LogP contribution is 2.17. The lowest BCUT2D eigenvalue weighted by molar-refractivity contribution is 0.270. The topological polar surface area (TPSA) is 34.0 Å². The summed E-state index contributed by atoms with van der Waals surface area (Å²) in [5.74, 6) is 2.27. The molecule has 4 nitrogen and oxygen atoms in total. The van der Waals surface area contributed by atoms with Crippen molar-refractivity contribution in [2.24, 2.45) is 0 Å². The van der Waals surface area contributed by atoms with Crippen molar-refractivity contribution in [3.05, 3.63) is 82.4 Å². The quantitative estimate of drug-likeness (QED) is 0.695. The van der Waals surface area contributed by atoms with Gasteiger partial charge in [-0.25, -0.2) is 0 Å². The Balaban J connectivity index is 1.41. The third-order valence-electron chi connectivity index (χ3n) is 5.57. The Morgan fingerprint density at radius 3 is 2.59 bits per heavy atom. The molecular formula is C23H28N4. The molecule has 0 atom stereocenters. The van der Waals surface area contributed by atoms with Crippen molar-refractivity contribution < 1.29 is 0 Å². The lowest BCUT2D eigenvalue weighted by Gasteiger charge is -2.21. The fraction of sp³-hybridized carbons (Fsp3) is 0.391. The van der Waals surface area contributed by atoms with Crippen LogP contribution in [0.3, 0.4) is 0 Å². The lowest BCUT2D eigenvalue weighted by Crippen LogP contribution is -2.27. The van der Waals surface area contributed by atoms with E-state index in [1.54, 1.807) is 0 Å². The van der Waals surface area contributed by atoms with E-state index in [-0.39, 0.29) is 0 Å². The Morgan fingerprint density at radius 1 is 0.889 bits per heavy atom. The van der Waals surface area contributed by atoms with E-state index < -0.39 is 0 Å². The second-order valence-electron chi connectivity index (χ2n) is 7.63. The smallest absolute Gasteiger partial charge is 0.134 e. The molecule has 140 valence electrons. The number of fused-ring (bicyclic) bond motifs is 1. The first-order valence-electron chi connectivity index (χ1n) is 9.92. The van der Waals surface area contributed by atoms with Crippen LogP contribution >= 0.6 is 0 Å². The van der Waals surface area contributed by atoms with Gasteiger partial charge in [-0.1, -0.05) is 54.1 Å². The van der Waals surface area contributed by atoms with Crippen molar-refractivity contribution in [3.8, 4) is 0 Å². The molecule has 3 aromatic rings. The van der Waals surface area contributed by atoms with Gasteiger partial charge in [0.05, 0.1) is 0 Å². The van der Waals surface area contributed by atoms with E-state index in [1.165, 1.54) is 22.3 Å². The molecule has 0 N–H and O–H groups in total.